The maximum absolute atomic E-state index is 11.3. The lowest BCUT2D eigenvalue weighted by Gasteiger charge is -2.05. The molecule has 7 nitrogen and oxygen atoms in total. The van der Waals surface area contributed by atoms with E-state index in [4.69, 9.17) is 24.5 Å². The summed E-state index contributed by atoms with van der Waals surface area (Å²) in [5.74, 6) is -2.68. The maximum Gasteiger partial charge on any atom is 0.414 e. The number of carbonyl (C=O) groups excluding carboxylic acids is 1. The van der Waals surface area contributed by atoms with Crippen molar-refractivity contribution in [3.05, 3.63) is 29.8 Å². The predicted molar refractivity (Wildman–Crippen MR) is 75.8 cm³/mol. The van der Waals surface area contributed by atoms with Crippen LogP contribution in [0.1, 0.15) is 23.7 Å². The molecule has 0 fully saturated rings. The Balaban J connectivity index is 0.000000567. The smallest absolute Gasteiger partial charge is 0.414 e. The molecule has 0 radical (unpaired) electrons. The van der Waals surface area contributed by atoms with Crippen LogP contribution in [0.4, 0.5) is 0 Å². The number of ether oxygens (including phenoxy) is 1. The van der Waals surface area contributed by atoms with Gasteiger partial charge in [0.25, 0.3) is 0 Å². The third-order valence-corrected chi connectivity index (χ3v) is 2.30. The summed E-state index contributed by atoms with van der Waals surface area (Å²) in [6, 6.07) is 7.28. The summed E-state index contributed by atoms with van der Waals surface area (Å²) in [5, 5.41) is 17.8. The highest BCUT2D eigenvalue weighted by molar-refractivity contribution is 6.27. The number of hydrogen-bond donors (Lipinski definition) is 3. The largest absolute Gasteiger partial charge is 0.492 e. The van der Waals surface area contributed by atoms with Crippen LogP contribution in [0.25, 0.3) is 0 Å². The molecular weight excluding hydrogens is 278 g/mol. The molecule has 1 rings (SSSR count). The average molecular weight is 297 g/mol. The van der Waals surface area contributed by atoms with Gasteiger partial charge in [0.15, 0.2) is 5.78 Å². The minimum atomic E-state index is -1.82. The fraction of sp³-hybridized carbons (Fsp3) is 0.357. The lowest BCUT2D eigenvalue weighted by Crippen LogP contribution is -2.15. The number of ketones is 1. The van der Waals surface area contributed by atoms with Gasteiger partial charge in [0.05, 0.1) is 0 Å². The van der Waals surface area contributed by atoms with Crippen LogP contribution in [-0.2, 0) is 9.59 Å². The Hall–Kier alpha value is -2.41. The SMILES string of the molecule is CCC(=O)c1ccc(OCCNC)cc1.O=C(O)C(=O)O. The van der Waals surface area contributed by atoms with Gasteiger partial charge in [0, 0.05) is 18.5 Å². The highest BCUT2D eigenvalue weighted by Crippen LogP contribution is 2.13. The van der Waals surface area contributed by atoms with Crippen LogP contribution in [-0.4, -0.2) is 48.1 Å². The van der Waals surface area contributed by atoms with E-state index in [2.05, 4.69) is 5.32 Å². The number of benzene rings is 1. The van der Waals surface area contributed by atoms with Crippen molar-refractivity contribution in [2.75, 3.05) is 20.2 Å². The quantitative estimate of drug-likeness (QED) is 0.408. The van der Waals surface area contributed by atoms with E-state index >= 15 is 0 Å². The Morgan fingerprint density at radius 1 is 1.10 bits per heavy atom. The Labute approximate surface area is 122 Å². The summed E-state index contributed by atoms with van der Waals surface area (Å²) in [6.45, 7) is 3.31. The van der Waals surface area contributed by atoms with Gasteiger partial charge in [0.1, 0.15) is 12.4 Å². The summed E-state index contributed by atoms with van der Waals surface area (Å²) >= 11 is 0. The molecule has 0 bridgehead atoms. The van der Waals surface area contributed by atoms with Crippen molar-refractivity contribution in [1.29, 1.82) is 0 Å². The van der Waals surface area contributed by atoms with Crippen LogP contribution in [0.15, 0.2) is 24.3 Å². The van der Waals surface area contributed by atoms with Gasteiger partial charge in [-0.3, -0.25) is 4.79 Å². The number of rotatable bonds is 6. The van der Waals surface area contributed by atoms with Crippen molar-refractivity contribution >= 4 is 17.7 Å². The van der Waals surface area contributed by atoms with E-state index in [1.165, 1.54) is 0 Å². The van der Waals surface area contributed by atoms with Crippen molar-refractivity contribution in [2.24, 2.45) is 0 Å². The first-order valence-electron chi connectivity index (χ1n) is 6.29. The second-order valence-electron chi connectivity index (χ2n) is 3.86. The molecule has 3 N–H and O–H groups in total. The van der Waals surface area contributed by atoms with Gasteiger partial charge < -0.3 is 20.3 Å². The molecule has 0 heterocycles. The van der Waals surface area contributed by atoms with E-state index in [1.807, 2.05) is 26.1 Å². The number of Topliss-reactive ketones (excluding diaryl/α,β-unsaturated/α-hetero) is 1. The zero-order chi connectivity index (χ0) is 16.3. The maximum atomic E-state index is 11.3. The average Bonchev–Trinajstić information content (AvgIpc) is 2.48. The van der Waals surface area contributed by atoms with Gasteiger partial charge in [0.2, 0.25) is 0 Å². The molecule has 0 aliphatic carbocycles. The van der Waals surface area contributed by atoms with E-state index in [1.54, 1.807) is 12.1 Å². The van der Waals surface area contributed by atoms with E-state index < -0.39 is 11.9 Å². The monoisotopic (exact) mass is 297 g/mol. The molecular formula is C14H19NO6. The number of aliphatic carboxylic acids is 2. The third-order valence-electron chi connectivity index (χ3n) is 2.30. The number of carbonyl (C=O) groups is 3. The molecule has 116 valence electrons. The van der Waals surface area contributed by atoms with Crippen LogP contribution in [0.5, 0.6) is 5.75 Å². The van der Waals surface area contributed by atoms with Gasteiger partial charge in [-0.1, -0.05) is 6.92 Å². The first kappa shape index (κ1) is 18.6. The first-order valence-corrected chi connectivity index (χ1v) is 6.29. The number of carboxylic acid groups (broad SMARTS) is 2. The lowest BCUT2D eigenvalue weighted by molar-refractivity contribution is -0.159. The van der Waals surface area contributed by atoms with Crippen LogP contribution in [0.2, 0.25) is 0 Å². The molecule has 0 aliphatic heterocycles. The van der Waals surface area contributed by atoms with Gasteiger partial charge in [-0.2, -0.15) is 0 Å². The van der Waals surface area contributed by atoms with Crippen LogP contribution >= 0.6 is 0 Å². The van der Waals surface area contributed by atoms with Crippen molar-refractivity contribution in [3.8, 4) is 5.75 Å². The van der Waals surface area contributed by atoms with Crippen LogP contribution < -0.4 is 10.1 Å². The second kappa shape index (κ2) is 10.4. The molecule has 0 spiro atoms. The number of carboxylic acids is 2. The standard InChI is InChI=1S/C12H17NO2.C2H2O4/c1-3-12(14)10-4-6-11(7-5-10)15-9-8-13-2;3-1(4)2(5)6/h4-7,13H,3,8-9H2,1-2H3;(H,3,4)(H,5,6). The topological polar surface area (TPSA) is 113 Å². The normalized spacial score (nSPS) is 9.24. The zero-order valence-electron chi connectivity index (χ0n) is 12.0. The summed E-state index contributed by atoms with van der Waals surface area (Å²) in [4.78, 5) is 29.5. The summed E-state index contributed by atoms with van der Waals surface area (Å²) < 4.78 is 5.44. The Morgan fingerprint density at radius 3 is 2.00 bits per heavy atom. The molecule has 0 amide bonds. The molecule has 0 unspecified atom stereocenters. The molecule has 0 atom stereocenters. The van der Waals surface area contributed by atoms with E-state index in [0.717, 1.165) is 17.9 Å². The van der Waals surface area contributed by atoms with Crippen molar-refractivity contribution in [2.45, 2.75) is 13.3 Å². The van der Waals surface area contributed by atoms with Crippen molar-refractivity contribution < 1.29 is 29.3 Å². The minimum Gasteiger partial charge on any atom is -0.492 e. The molecule has 0 aliphatic rings. The fourth-order valence-corrected chi connectivity index (χ4v) is 1.21. The summed E-state index contributed by atoms with van der Waals surface area (Å²) in [7, 11) is 1.88. The number of likely N-dealkylation sites (N-methyl/N-ethyl adjacent to an activating group) is 1. The molecule has 1 aromatic rings. The molecule has 0 saturated heterocycles. The third kappa shape index (κ3) is 8.38. The predicted octanol–water partition coefficient (Wildman–Crippen LogP) is 1.03. The Kier molecular flexibility index (Phi) is 9.19. The fourth-order valence-electron chi connectivity index (χ4n) is 1.21. The summed E-state index contributed by atoms with van der Waals surface area (Å²) in [5.41, 5.74) is 0.749. The van der Waals surface area contributed by atoms with E-state index in [-0.39, 0.29) is 5.78 Å². The van der Waals surface area contributed by atoms with Crippen LogP contribution in [0.3, 0.4) is 0 Å². The molecule has 1 aromatic carbocycles. The Bertz CT molecular complexity index is 457. The lowest BCUT2D eigenvalue weighted by atomic mass is 10.1. The van der Waals surface area contributed by atoms with Gasteiger partial charge in [-0.25, -0.2) is 9.59 Å². The number of hydrogen-bond acceptors (Lipinski definition) is 5. The van der Waals surface area contributed by atoms with E-state index in [0.29, 0.717) is 13.0 Å². The van der Waals surface area contributed by atoms with Gasteiger partial charge in [-0.15, -0.1) is 0 Å². The highest BCUT2D eigenvalue weighted by atomic mass is 16.5. The number of nitrogens with one attached hydrogen (secondary N) is 1. The van der Waals surface area contributed by atoms with Crippen molar-refractivity contribution in [1.82, 2.24) is 5.32 Å². The minimum absolute atomic E-state index is 0.164. The molecule has 7 heteroatoms. The Morgan fingerprint density at radius 2 is 1.62 bits per heavy atom. The molecule has 21 heavy (non-hydrogen) atoms. The molecule has 0 saturated carbocycles. The summed E-state index contributed by atoms with van der Waals surface area (Å²) in [6.07, 6.45) is 0.542. The zero-order valence-corrected chi connectivity index (χ0v) is 12.0. The first-order chi connectivity index (χ1) is 9.92. The van der Waals surface area contributed by atoms with Crippen molar-refractivity contribution in [3.63, 3.8) is 0 Å². The molecule has 0 aromatic heterocycles. The van der Waals surface area contributed by atoms with Gasteiger partial charge >= 0.3 is 11.9 Å². The second-order valence-corrected chi connectivity index (χ2v) is 3.86. The van der Waals surface area contributed by atoms with Crippen LogP contribution in [0, 0.1) is 0 Å². The van der Waals surface area contributed by atoms with Gasteiger partial charge in [-0.05, 0) is 31.3 Å². The van der Waals surface area contributed by atoms with E-state index in [9.17, 15) is 4.79 Å². The highest BCUT2D eigenvalue weighted by Gasteiger charge is 2.04.